The van der Waals surface area contributed by atoms with Crippen LogP contribution in [0.2, 0.25) is 0 Å². The fourth-order valence-electron chi connectivity index (χ4n) is 4.15. The molecule has 0 spiro atoms. The molecule has 142 valence electrons. The zero-order chi connectivity index (χ0) is 18.8. The van der Waals surface area contributed by atoms with Gasteiger partial charge in [0.15, 0.2) is 0 Å². The van der Waals surface area contributed by atoms with Crippen LogP contribution >= 0.6 is 0 Å². The summed E-state index contributed by atoms with van der Waals surface area (Å²) in [5, 5.41) is 3.20. The second-order valence-corrected chi connectivity index (χ2v) is 7.43. The third kappa shape index (κ3) is 3.69. The molecule has 0 saturated carbocycles. The maximum atomic E-state index is 13.2. The minimum atomic E-state index is -0.345. The van der Waals surface area contributed by atoms with Crippen LogP contribution in [0.15, 0.2) is 48.5 Å². The summed E-state index contributed by atoms with van der Waals surface area (Å²) < 4.78 is 19.1. The molecular weight excluding hydrogens is 343 g/mol. The molecule has 0 aromatic heterocycles. The summed E-state index contributed by atoms with van der Waals surface area (Å²) in [6.07, 6.45) is 2.37. The molecule has 3 atom stereocenters. The van der Waals surface area contributed by atoms with Gasteiger partial charge in [-0.05, 0) is 56.6 Å². The van der Waals surface area contributed by atoms with Crippen molar-refractivity contribution in [2.24, 2.45) is 0 Å². The molecule has 0 radical (unpaired) electrons. The smallest absolute Gasteiger partial charge is 0.227 e. The number of nitrogens with zero attached hydrogens (tertiary/aromatic N) is 1. The van der Waals surface area contributed by atoms with Crippen molar-refractivity contribution in [2.75, 3.05) is 19.7 Å². The number of nitrogens with one attached hydrogen (secondary N) is 1. The largest absolute Gasteiger partial charge is 0.491 e. The van der Waals surface area contributed by atoms with Crippen LogP contribution in [0.25, 0.3) is 0 Å². The zero-order valence-corrected chi connectivity index (χ0v) is 15.5. The van der Waals surface area contributed by atoms with Crippen molar-refractivity contribution in [3.63, 3.8) is 0 Å². The Hall–Kier alpha value is -2.40. The molecule has 1 fully saturated rings. The maximum Gasteiger partial charge on any atom is 0.227 e. The fourth-order valence-corrected chi connectivity index (χ4v) is 4.15. The Morgan fingerprint density at radius 2 is 1.85 bits per heavy atom. The van der Waals surface area contributed by atoms with Gasteiger partial charge in [0.1, 0.15) is 18.2 Å². The number of carbonyl (C=O) groups excluding carboxylic acids is 1. The molecule has 1 saturated heterocycles. The predicted molar refractivity (Wildman–Crippen MR) is 102 cm³/mol. The molecule has 5 heteroatoms. The molecule has 2 aliphatic rings. The predicted octanol–water partition coefficient (Wildman–Crippen LogP) is 3.64. The first kappa shape index (κ1) is 18.0. The molecule has 4 nitrogen and oxygen atoms in total. The van der Waals surface area contributed by atoms with E-state index in [-0.39, 0.29) is 29.7 Å². The molecule has 4 rings (SSSR count). The second kappa shape index (κ2) is 7.69. The highest BCUT2D eigenvalue weighted by Gasteiger charge is 2.37. The molecule has 2 aliphatic heterocycles. The summed E-state index contributed by atoms with van der Waals surface area (Å²) in [6, 6.07) is 14.3. The Kier molecular flexibility index (Phi) is 5.12. The average Bonchev–Trinajstić information content (AvgIpc) is 3.22. The summed E-state index contributed by atoms with van der Waals surface area (Å²) in [5.74, 6) is 0.213. The van der Waals surface area contributed by atoms with Crippen molar-refractivity contribution in [2.45, 2.75) is 37.8 Å². The molecule has 0 aliphatic carbocycles. The van der Waals surface area contributed by atoms with E-state index in [9.17, 15) is 9.18 Å². The van der Waals surface area contributed by atoms with Crippen molar-refractivity contribution in [1.29, 1.82) is 0 Å². The van der Waals surface area contributed by atoms with Gasteiger partial charge in [0.05, 0.1) is 18.0 Å². The van der Waals surface area contributed by atoms with Crippen molar-refractivity contribution in [3.05, 3.63) is 65.5 Å². The number of benzene rings is 2. The van der Waals surface area contributed by atoms with Gasteiger partial charge in [0.25, 0.3) is 0 Å². The zero-order valence-electron chi connectivity index (χ0n) is 15.5. The highest BCUT2D eigenvalue weighted by molar-refractivity contribution is 5.83. The molecule has 2 aromatic rings. The van der Waals surface area contributed by atoms with Crippen LogP contribution < -0.4 is 10.1 Å². The van der Waals surface area contributed by atoms with E-state index in [0.29, 0.717) is 6.61 Å². The molecule has 2 heterocycles. The Labute approximate surface area is 159 Å². The monoisotopic (exact) mass is 368 g/mol. The first-order chi connectivity index (χ1) is 13.1. The van der Waals surface area contributed by atoms with Crippen LogP contribution in [-0.4, -0.2) is 36.5 Å². The Morgan fingerprint density at radius 1 is 1.15 bits per heavy atom. The van der Waals surface area contributed by atoms with Gasteiger partial charge in [0.2, 0.25) is 5.91 Å². The van der Waals surface area contributed by atoms with E-state index in [1.807, 2.05) is 25.1 Å². The van der Waals surface area contributed by atoms with Gasteiger partial charge in [-0.25, -0.2) is 4.39 Å². The van der Waals surface area contributed by atoms with Crippen LogP contribution in [0.4, 0.5) is 4.39 Å². The number of ether oxygens (including phenoxy) is 1. The Bertz CT molecular complexity index is 802. The first-order valence-electron chi connectivity index (χ1n) is 9.65. The minimum absolute atomic E-state index is 0.0567. The highest BCUT2D eigenvalue weighted by Crippen LogP contribution is 2.37. The van der Waals surface area contributed by atoms with E-state index in [1.165, 1.54) is 25.0 Å². The number of hydrogen-bond acceptors (Lipinski definition) is 3. The number of fused-ring (bicyclic) bond motifs is 1. The first-order valence-corrected chi connectivity index (χ1v) is 9.65. The van der Waals surface area contributed by atoms with E-state index >= 15 is 0 Å². The fraction of sp³-hybridized carbons (Fsp3) is 0.409. The second-order valence-electron chi connectivity index (χ2n) is 7.43. The van der Waals surface area contributed by atoms with Crippen molar-refractivity contribution >= 4 is 5.91 Å². The highest BCUT2D eigenvalue weighted by atomic mass is 19.1. The van der Waals surface area contributed by atoms with E-state index in [4.69, 9.17) is 4.74 Å². The lowest BCUT2D eigenvalue weighted by Crippen LogP contribution is -2.51. The summed E-state index contributed by atoms with van der Waals surface area (Å²) >= 11 is 0. The molecular formula is C22H25FN2O2. The summed E-state index contributed by atoms with van der Waals surface area (Å²) in [7, 11) is 0. The molecule has 27 heavy (non-hydrogen) atoms. The van der Waals surface area contributed by atoms with E-state index in [1.54, 1.807) is 12.1 Å². The van der Waals surface area contributed by atoms with Crippen LogP contribution in [0.1, 0.15) is 42.9 Å². The van der Waals surface area contributed by atoms with Gasteiger partial charge in [0, 0.05) is 5.56 Å². The molecule has 2 unspecified atom stereocenters. The van der Waals surface area contributed by atoms with Gasteiger partial charge >= 0.3 is 0 Å². The van der Waals surface area contributed by atoms with Gasteiger partial charge in [-0.15, -0.1) is 0 Å². The van der Waals surface area contributed by atoms with Gasteiger partial charge < -0.3 is 10.1 Å². The standard InChI is InChI=1S/C22H25FN2O2/c1-15(16-8-10-17(23)11-9-16)22(26)24-19-14-27-20-7-3-2-6-18(20)21(19)25-12-4-5-13-25/h2-3,6-11,15,19,21H,4-5,12-14H2,1H3,(H,24,26)/t15-,19?,21?/m0/s1. The lowest BCUT2D eigenvalue weighted by atomic mass is 9.93. The van der Waals surface area contributed by atoms with Crippen molar-refractivity contribution in [3.8, 4) is 5.75 Å². The summed E-state index contributed by atoms with van der Waals surface area (Å²) in [5.41, 5.74) is 1.95. The molecule has 1 amide bonds. The third-order valence-corrected chi connectivity index (χ3v) is 5.66. The lowest BCUT2D eigenvalue weighted by Gasteiger charge is -2.39. The third-order valence-electron chi connectivity index (χ3n) is 5.66. The quantitative estimate of drug-likeness (QED) is 0.896. The van der Waals surface area contributed by atoms with E-state index < -0.39 is 0 Å². The molecule has 2 aromatic carbocycles. The molecule has 1 N–H and O–H groups in total. The lowest BCUT2D eigenvalue weighted by molar-refractivity contribution is -0.123. The number of rotatable bonds is 4. The number of hydrogen-bond donors (Lipinski definition) is 1. The number of amides is 1. The number of halogens is 1. The minimum Gasteiger partial charge on any atom is -0.491 e. The van der Waals surface area contributed by atoms with Crippen LogP contribution in [0.5, 0.6) is 5.75 Å². The maximum absolute atomic E-state index is 13.2. The van der Waals surface area contributed by atoms with Crippen LogP contribution in [0, 0.1) is 5.82 Å². The SMILES string of the molecule is C[C@H](C(=O)NC1COc2ccccc2C1N1CCCC1)c1ccc(F)cc1. The van der Waals surface area contributed by atoms with Crippen molar-refractivity contribution < 1.29 is 13.9 Å². The Morgan fingerprint density at radius 3 is 2.59 bits per heavy atom. The molecule has 0 bridgehead atoms. The average molecular weight is 368 g/mol. The van der Waals surface area contributed by atoms with Gasteiger partial charge in [-0.1, -0.05) is 30.3 Å². The van der Waals surface area contributed by atoms with Crippen molar-refractivity contribution in [1.82, 2.24) is 10.2 Å². The van der Waals surface area contributed by atoms with Gasteiger partial charge in [-0.2, -0.15) is 0 Å². The van der Waals surface area contributed by atoms with Crippen LogP contribution in [-0.2, 0) is 4.79 Å². The number of carbonyl (C=O) groups is 1. The van der Waals surface area contributed by atoms with Crippen LogP contribution in [0.3, 0.4) is 0 Å². The van der Waals surface area contributed by atoms with E-state index in [0.717, 1.165) is 30.0 Å². The van der Waals surface area contributed by atoms with E-state index in [2.05, 4.69) is 16.3 Å². The van der Waals surface area contributed by atoms with Gasteiger partial charge in [-0.3, -0.25) is 9.69 Å². The number of likely N-dealkylation sites (tertiary alicyclic amines) is 1. The normalized spacial score (nSPS) is 23.3. The summed E-state index contributed by atoms with van der Waals surface area (Å²) in [6.45, 7) is 4.39. The summed E-state index contributed by atoms with van der Waals surface area (Å²) in [4.78, 5) is 15.3. The Balaban J connectivity index is 1.54. The topological polar surface area (TPSA) is 41.6 Å². The number of para-hydroxylation sites is 1.